The van der Waals surface area contributed by atoms with Gasteiger partial charge < -0.3 is 15.0 Å². The van der Waals surface area contributed by atoms with Gasteiger partial charge in [-0.1, -0.05) is 54.6 Å². The van der Waals surface area contributed by atoms with Crippen LogP contribution in [0.25, 0.3) is 11.1 Å². The Kier molecular flexibility index (Phi) is 9.66. The standard InChI is InChI=1S/C27H32N2O2S/c1-29(2)17-9-16-28-27(30)23-12-8-11-22(20-23)26-15-7-6-10-24(26)21-32-19-18-31-25-13-4-3-5-14-25/h3-8,10-15,20H,9,16-19,21H2,1-2H3,(H,28,30). The minimum atomic E-state index is -0.0180. The van der Waals surface area contributed by atoms with Gasteiger partial charge in [0.25, 0.3) is 5.91 Å². The Morgan fingerprint density at radius 2 is 1.75 bits per heavy atom. The van der Waals surface area contributed by atoms with Crippen molar-refractivity contribution in [3.63, 3.8) is 0 Å². The molecule has 0 bridgehead atoms. The number of rotatable bonds is 12. The first-order valence-electron chi connectivity index (χ1n) is 11.0. The maximum atomic E-state index is 12.6. The maximum Gasteiger partial charge on any atom is 0.251 e. The second-order valence-corrected chi connectivity index (χ2v) is 8.97. The van der Waals surface area contributed by atoms with E-state index in [9.17, 15) is 4.79 Å². The van der Waals surface area contributed by atoms with E-state index in [2.05, 4.69) is 40.5 Å². The van der Waals surface area contributed by atoms with Gasteiger partial charge in [-0.2, -0.15) is 11.8 Å². The van der Waals surface area contributed by atoms with Crippen LogP contribution in [0.2, 0.25) is 0 Å². The molecular formula is C27H32N2O2S. The molecule has 3 aromatic carbocycles. The first-order chi connectivity index (χ1) is 15.6. The number of nitrogens with zero attached hydrogens (tertiary/aromatic N) is 1. The van der Waals surface area contributed by atoms with E-state index in [0.717, 1.165) is 35.8 Å². The number of hydrogen-bond acceptors (Lipinski definition) is 4. The molecule has 0 unspecified atom stereocenters. The van der Waals surface area contributed by atoms with Crippen LogP contribution in [0.3, 0.4) is 0 Å². The van der Waals surface area contributed by atoms with E-state index in [-0.39, 0.29) is 5.91 Å². The van der Waals surface area contributed by atoms with Crippen LogP contribution in [-0.2, 0) is 5.75 Å². The van der Waals surface area contributed by atoms with E-state index in [4.69, 9.17) is 4.74 Å². The monoisotopic (exact) mass is 448 g/mol. The highest BCUT2D eigenvalue weighted by Crippen LogP contribution is 2.27. The number of benzene rings is 3. The zero-order valence-corrected chi connectivity index (χ0v) is 19.7. The number of amides is 1. The van der Waals surface area contributed by atoms with Gasteiger partial charge in [0.1, 0.15) is 5.75 Å². The molecule has 0 aliphatic rings. The molecule has 5 heteroatoms. The summed E-state index contributed by atoms with van der Waals surface area (Å²) in [7, 11) is 4.08. The summed E-state index contributed by atoms with van der Waals surface area (Å²) in [5.41, 5.74) is 4.21. The fourth-order valence-electron chi connectivity index (χ4n) is 3.37. The van der Waals surface area contributed by atoms with E-state index in [1.54, 1.807) is 0 Å². The minimum Gasteiger partial charge on any atom is -0.493 e. The fraction of sp³-hybridized carbons (Fsp3) is 0.296. The van der Waals surface area contributed by atoms with E-state index < -0.39 is 0 Å². The average molecular weight is 449 g/mol. The summed E-state index contributed by atoms with van der Waals surface area (Å²) in [6, 6.07) is 26.2. The summed E-state index contributed by atoms with van der Waals surface area (Å²) in [6.45, 7) is 2.32. The average Bonchev–Trinajstić information content (AvgIpc) is 2.82. The number of nitrogens with one attached hydrogen (secondary N) is 1. The number of carbonyl (C=O) groups is 1. The number of carbonyl (C=O) groups excluding carboxylic acids is 1. The van der Waals surface area contributed by atoms with Crippen LogP contribution >= 0.6 is 11.8 Å². The van der Waals surface area contributed by atoms with Crippen molar-refractivity contribution in [1.82, 2.24) is 10.2 Å². The number of para-hydroxylation sites is 1. The summed E-state index contributed by atoms with van der Waals surface area (Å²) in [6.07, 6.45) is 0.937. The molecule has 1 N–H and O–H groups in total. The third-order valence-corrected chi connectivity index (χ3v) is 5.99. The zero-order chi connectivity index (χ0) is 22.6. The van der Waals surface area contributed by atoms with Crippen LogP contribution in [0.4, 0.5) is 0 Å². The molecule has 3 rings (SSSR count). The predicted molar refractivity (Wildman–Crippen MR) is 135 cm³/mol. The van der Waals surface area contributed by atoms with Gasteiger partial charge in [0, 0.05) is 23.6 Å². The highest BCUT2D eigenvalue weighted by molar-refractivity contribution is 7.98. The Morgan fingerprint density at radius 3 is 2.56 bits per heavy atom. The lowest BCUT2D eigenvalue weighted by Crippen LogP contribution is -2.27. The summed E-state index contributed by atoms with van der Waals surface area (Å²) < 4.78 is 5.79. The van der Waals surface area contributed by atoms with E-state index in [1.807, 2.05) is 74.4 Å². The van der Waals surface area contributed by atoms with Crippen LogP contribution in [0.1, 0.15) is 22.3 Å². The molecule has 0 radical (unpaired) electrons. The van der Waals surface area contributed by atoms with Gasteiger partial charge in [-0.25, -0.2) is 0 Å². The predicted octanol–water partition coefficient (Wildman–Crippen LogP) is 5.35. The molecule has 3 aromatic rings. The van der Waals surface area contributed by atoms with Crippen LogP contribution in [-0.4, -0.2) is 50.4 Å². The topological polar surface area (TPSA) is 41.6 Å². The molecule has 0 saturated carbocycles. The number of hydrogen-bond donors (Lipinski definition) is 1. The molecule has 0 fully saturated rings. The van der Waals surface area contributed by atoms with Crippen molar-refractivity contribution >= 4 is 17.7 Å². The molecule has 0 aromatic heterocycles. The highest BCUT2D eigenvalue weighted by Gasteiger charge is 2.09. The summed E-state index contributed by atoms with van der Waals surface area (Å²) in [5, 5.41) is 3.03. The largest absolute Gasteiger partial charge is 0.493 e. The molecule has 0 aliphatic heterocycles. The molecule has 168 valence electrons. The van der Waals surface area contributed by atoms with Gasteiger partial charge >= 0.3 is 0 Å². The second-order valence-electron chi connectivity index (χ2n) is 7.86. The summed E-state index contributed by atoms with van der Waals surface area (Å²) in [4.78, 5) is 14.7. The lowest BCUT2D eigenvalue weighted by Gasteiger charge is -2.12. The van der Waals surface area contributed by atoms with Gasteiger partial charge in [0.15, 0.2) is 0 Å². The van der Waals surface area contributed by atoms with Crippen molar-refractivity contribution in [3.05, 3.63) is 90.0 Å². The molecule has 0 aliphatic carbocycles. The molecule has 0 heterocycles. The normalized spacial score (nSPS) is 10.8. The maximum absolute atomic E-state index is 12.6. The van der Waals surface area contributed by atoms with Crippen LogP contribution in [0.15, 0.2) is 78.9 Å². The number of ether oxygens (including phenoxy) is 1. The second kappa shape index (κ2) is 12.9. The third kappa shape index (κ3) is 7.74. The van der Waals surface area contributed by atoms with Crippen LogP contribution < -0.4 is 10.1 Å². The van der Waals surface area contributed by atoms with Gasteiger partial charge in [-0.3, -0.25) is 4.79 Å². The van der Waals surface area contributed by atoms with Gasteiger partial charge in [-0.15, -0.1) is 0 Å². The minimum absolute atomic E-state index is 0.0180. The SMILES string of the molecule is CN(C)CCCNC(=O)c1cccc(-c2ccccc2CSCCOc2ccccc2)c1. The van der Waals surface area contributed by atoms with Gasteiger partial charge in [0.2, 0.25) is 0 Å². The molecule has 0 spiro atoms. The Balaban J connectivity index is 1.56. The number of thioether (sulfide) groups is 1. The highest BCUT2D eigenvalue weighted by atomic mass is 32.2. The van der Waals surface area contributed by atoms with Crippen molar-refractivity contribution in [3.8, 4) is 16.9 Å². The van der Waals surface area contributed by atoms with E-state index in [1.165, 1.54) is 11.1 Å². The molecule has 4 nitrogen and oxygen atoms in total. The van der Waals surface area contributed by atoms with Crippen molar-refractivity contribution in [2.45, 2.75) is 12.2 Å². The molecule has 0 saturated heterocycles. The Hall–Kier alpha value is -2.76. The molecular weight excluding hydrogens is 416 g/mol. The summed E-state index contributed by atoms with van der Waals surface area (Å²) in [5.74, 6) is 2.70. The lowest BCUT2D eigenvalue weighted by molar-refractivity contribution is 0.0952. The Morgan fingerprint density at radius 1 is 0.969 bits per heavy atom. The van der Waals surface area contributed by atoms with Crippen LogP contribution in [0, 0.1) is 0 Å². The summed E-state index contributed by atoms with van der Waals surface area (Å²) >= 11 is 1.85. The Bertz CT molecular complexity index is 976. The molecule has 32 heavy (non-hydrogen) atoms. The van der Waals surface area contributed by atoms with Gasteiger partial charge in [0.05, 0.1) is 6.61 Å². The molecule has 0 atom stereocenters. The lowest BCUT2D eigenvalue weighted by atomic mass is 9.99. The van der Waals surface area contributed by atoms with Gasteiger partial charge in [-0.05, 0) is 68.0 Å². The fourth-order valence-corrected chi connectivity index (χ4v) is 4.19. The first-order valence-corrected chi connectivity index (χ1v) is 12.2. The van der Waals surface area contributed by atoms with Crippen LogP contribution in [0.5, 0.6) is 5.75 Å². The zero-order valence-electron chi connectivity index (χ0n) is 18.9. The first kappa shape index (κ1) is 23.9. The van der Waals surface area contributed by atoms with E-state index >= 15 is 0 Å². The smallest absolute Gasteiger partial charge is 0.251 e. The van der Waals surface area contributed by atoms with E-state index in [0.29, 0.717) is 18.7 Å². The van der Waals surface area contributed by atoms with Crippen molar-refractivity contribution in [2.24, 2.45) is 0 Å². The van der Waals surface area contributed by atoms with Crippen molar-refractivity contribution in [2.75, 3.05) is 39.5 Å². The quantitative estimate of drug-likeness (QED) is 0.379. The van der Waals surface area contributed by atoms with Crippen molar-refractivity contribution in [1.29, 1.82) is 0 Å². The third-order valence-electron chi connectivity index (χ3n) is 5.02. The van der Waals surface area contributed by atoms with Crippen molar-refractivity contribution < 1.29 is 9.53 Å². The Labute approximate surface area is 196 Å². The molecule has 1 amide bonds.